The number of halogens is 1. The lowest BCUT2D eigenvalue weighted by Gasteiger charge is -2.13. The molecule has 1 rings (SSSR count). The minimum absolute atomic E-state index is 0.191. The summed E-state index contributed by atoms with van der Waals surface area (Å²) in [5, 5.41) is 2.84. The summed E-state index contributed by atoms with van der Waals surface area (Å²) < 4.78 is 24.6. The van der Waals surface area contributed by atoms with Gasteiger partial charge in [0.15, 0.2) is 0 Å². The first kappa shape index (κ1) is 18.1. The van der Waals surface area contributed by atoms with E-state index < -0.39 is 16.1 Å². The first-order chi connectivity index (χ1) is 9.73. The molecule has 1 aromatic rings. The van der Waals surface area contributed by atoms with Gasteiger partial charge in [0.25, 0.3) is 0 Å². The highest BCUT2D eigenvalue weighted by Crippen LogP contribution is 2.26. The van der Waals surface area contributed by atoms with Crippen LogP contribution in [0.2, 0.25) is 5.02 Å². The standard InChI is InChI=1S/C12H18ClN3O3S2/c1-20-6-5-10(14)12(17)15-8-3-4-11(9(13)7-8)16-21(2,18)19/h3-4,7,10,16H,5-6,14H2,1-2H3,(H,15,17)/t10-/m0/s1. The summed E-state index contributed by atoms with van der Waals surface area (Å²) >= 11 is 7.59. The molecule has 0 aliphatic rings. The molecular weight excluding hydrogens is 334 g/mol. The molecule has 1 amide bonds. The third-order valence-corrected chi connectivity index (χ3v) is 4.05. The summed E-state index contributed by atoms with van der Waals surface area (Å²) in [6, 6.07) is 3.91. The Morgan fingerprint density at radius 2 is 2.14 bits per heavy atom. The Morgan fingerprint density at radius 3 is 2.67 bits per heavy atom. The van der Waals surface area contributed by atoms with E-state index in [-0.39, 0.29) is 16.6 Å². The molecule has 0 fully saturated rings. The number of sulfonamides is 1. The topological polar surface area (TPSA) is 101 Å². The number of nitrogens with one attached hydrogen (secondary N) is 2. The van der Waals surface area contributed by atoms with Crippen LogP contribution in [0.3, 0.4) is 0 Å². The molecule has 1 atom stereocenters. The van der Waals surface area contributed by atoms with Crippen LogP contribution < -0.4 is 15.8 Å². The second-order valence-corrected chi connectivity index (χ2v) is 7.59. The fourth-order valence-electron chi connectivity index (χ4n) is 1.49. The van der Waals surface area contributed by atoms with Crippen molar-refractivity contribution >= 4 is 50.7 Å². The second-order valence-electron chi connectivity index (χ2n) is 4.45. The Kier molecular flexibility index (Phi) is 6.79. The first-order valence-corrected chi connectivity index (χ1v) is 9.72. The summed E-state index contributed by atoms with van der Waals surface area (Å²) in [5.74, 6) is 0.496. The number of amides is 1. The molecule has 21 heavy (non-hydrogen) atoms. The molecule has 0 unspecified atom stereocenters. The molecule has 0 radical (unpaired) electrons. The van der Waals surface area contributed by atoms with Crippen molar-refractivity contribution in [3.05, 3.63) is 23.2 Å². The van der Waals surface area contributed by atoms with Gasteiger partial charge in [0.2, 0.25) is 15.9 Å². The number of anilines is 2. The summed E-state index contributed by atoms with van der Waals surface area (Å²) in [6.45, 7) is 0. The molecule has 6 nitrogen and oxygen atoms in total. The average molecular weight is 352 g/mol. The Bertz CT molecular complexity index is 608. The number of hydrogen-bond acceptors (Lipinski definition) is 5. The Labute approximate surface area is 133 Å². The van der Waals surface area contributed by atoms with E-state index in [4.69, 9.17) is 17.3 Å². The van der Waals surface area contributed by atoms with E-state index >= 15 is 0 Å². The van der Waals surface area contributed by atoms with Crippen molar-refractivity contribution in [1.29, 1.82) is 0 Å². The van der Waals surface area contributed by atoms with Gasteiger partial charge in [0.05, 0.1) is 23.0 Å². The van der Waals surface area contributed by atoms with E-state index in [1.54, 1.807) is 17.8 Å². The number of carbonyl (C=O) groups is 1. The Balaban J connectivity index is 2.73. The molecule has 0 saturated carbocycles. The monoisotopic (exact) mass is 351 g/mol. The number of carbonyl (C=O) groups excluding carboxylic acids is 1. The van der Waals surface area contributed by atoms with Gasteiger partial charge in [-0.25, -0.2) is 8.42 Å². The van der Waals surface area contributed by atoms with Crippen LogP contribution in [0.25, 0.3) is 0 Å². The average Bonchev–Trinajstić information content (AvgIpc) is 2.37. The summed E-state index contributed by atoms with van der Waals surface area (Å²) in [7, 11) is -3.40. The lowest BCUT2D eigenvalue weighted by Crippen LogP contribution is -2.36. The molecule has 4 N–H and O–H groups in total. The van der Waals surface area contributed by atoms with Gasteiger partial charge >= 0.3 is 0 Å². The molecule has 9 heteroatoms. The molecule has 0 heterocycles. The van der Waals surface area contributed by atoms with Gasteiger partial charge in [-0.15, -0.1) is 0 Å². The van der Waals surface area contributed by atoms with Crippen LogP contribution >= 0.6 is 23.4 Å². The largest absolute Gasteiger partial charge is 0.325 e. The zero-order valence-corrected chi connectivity index (χ0v) is 14.1. The zero-order chi connectivity index (χ0) is 16.0. The maximum atomic E-state index is 11.8. The molecule has 0 aromatic heterocycles. The number of hydrogen-bond donors (Lipinski definition) is 3. The van der Waals surface area contributed by atoms with Gasteiger partial charge in [-0.1, -0.05) is 11.6 Å². The Hall–Kier alpha value is -0.960. The minimum atomic E-state index is -3.40. The van der Waals surface area contributed by atoms with Crippen LogP contribution in [0.4, 0.5) is 11.4 Å². The summed E-state index contributed by atoms with van der Waals surface area (Å²) in [4.78, 5) is 11.8. The highest BCUT2D eigenvalue weighted by molar-refractivity contribution is 7.98. The fourth-order valence-corrected chi connectivity index (χ4v) is 2.84. The third kappa shape index (κ3) is 6.56. The van der Waals surface area contributed by atoms with Gasteiger partial charge < -0.3 is 11.1 Å². The molecule has 0 bridgehead atoms. The van der Waals surface area contributed by atoms with Crippen LogP contribution in [-0.2, 0) is 14.8 Å². The second kappa shape index (κ2) is 7.88. The molecule has 0 aliphatic carbocycles. The van der Waals surface area contributed by atoms with Crippen LogP contribution in [0.5, 0.6) is 0 Å². The van der Waals surface area contributed by atoms with Gasteiger partial charge in [0.1, 0.15) is 0 Å². The van der Waals surface area contributed by atoms with Crippen LogP contribution in [0.15, 0.2) is 18.2 Å². The summed E-state index contributed by atoms with van der Waals surface area (Å²) in [5.41, 5.74) is 6.47. The van der Waals surface area contributed by atoms with Gasteiger partial charge in [-0.3, -0.25) is 9.52 Å². The maximum Gasteiger partial charge on any atom is 0.241 e. The van der Waals surface area contributed by atoms with E-state index in [1.807, 2.05) is 6.26 Å². The zero-order valence-electron chi connectivity index (χ0n) is 11.7. The minimum Gasteiger partial charge on any atom is -0.325 e. The van der Waals surface area contributed by atoms with E-state index in [0.717, 1.165) is 12.0 Å². The molecular formula is C12H18ClN3O3S2. The summed E-state index contributed by atoms with van der Waals surface area (Å²) in [6.07, 6.45) is 3.55. The van der Waals surface area contributed by atoms with Crippen molar-refractivity contribution in [2.24, 2.45) is 5.73 Å². The van der Waals surface area contributed by atoms with Gasteiger partial charge in [-0.05, 0) is 36.6 Å². The predicted octanol–water partition coefficient (Wildman–Crippen LogP) is 1.73. The molecule has 1 aromatic carbocycles. The van der Waals surface area contributed by atoms with Gasteiger partial charge in [0, 0.05) is 5.69 Å². The predicted molar refractivity (Wildman–Crippen MR) is 89.5 cm³/mol. The van der Waals surface area contributed by atoms with E-state index in [1.165, 1.54) is 12.1 Å². The quantitative estimate of drug-likeness (QED) is 0.694. The van der Waals surface area contributed by atoms with Crippen molar-refractivity contribution in [1.82, 2.24) is 0 Å². The van der Waals surface area contributed by atoms with Crippen molar-refractivity contribution in [3.8, 4) is 0 Å². The smallest absolute Gasteiger partial charge is 0.241 e. The number of rotatable bonds is 7. The molecule has 0 spiro atoms. The van der Waals surface area contributed by atoms with Crippen molar-refractivity contribution in [3.63, 3.8) is 0 Å². The number of thioether (sulfide) groups is 1. The van der Waals surface area contributed by atoms with Crippen LogP contribution in [0, 0.1) is 0 Å². The third-order valence-electron chi connectivity index (χ3n) is 2.50. The lowest BCUT2D eigenvalue weighted by atomic mass is 10.2. The highest BCUT2D eigenvalue weighted by Gasteiger charge is 2.14. The number of nitrogens with two attached hydrogens (primary N) is 1. The fraction of sp³-hybridized carbons (Fsp3) is 0.417. The normalized spacial score (nSPS) is 12.8. The van der Waals surface area contributed by atoms with E-state index in [2.05, 4.69) is 10.0 Å². The van der Waals surface area contributed by atoms with Crippen LogP contribution in [0.1, 0.15) is 6.42 Å². The maximum absolute atomic E-state index is 11.8. The van der Waals surface area contributed by atoms with E-state index in [0.29, 0.717) is 12.1 Å². The Morgan fingerprint density at radius 1 is 1.48 bits per heavy atom. The SMILES string of the molecule is CSCC[C@H](N)C(=O)Nc1ccc(NS(C)(=O)=O)c(Cl)c1. The molecule has 118 valence electrons. The highest BCUT2D eigenvalue weighted by atomic mass is 35.5. The van der Waals surface area contributed by atoms with Gasteiger partial charge in [-0.2, -0.15) is 11.8 Å². The van der Waals surface area contributed by atoms with Crippen molar-refractivity contribution in [2.75, 3.05) is 28.3 Å². The van der Waals surface area contributed by atoms with Crippen molar-refractivity contribution in [2.45, 2.75) is 12.5 Å². The lowest BCUT2D eigenvalue weighted by molar-refractivity contribution is -0.117. The van der Waals surface area contributed by atoms with Crippen LogP contribution in [-0.4, -0.2) is 38.6 Å². The van der Waals surface area contributed by atoms with Crippen molar-refractivity contribution < 1.29 is 13.2 Å². The number of benzene rings is 1. The first-order valence-electron chi connectivity index (χ1n) is 6.05. The van der Waals surface area contributed by atoms with E-state index in [9.17, 15) is 13.2 Å². The molecule has 0 aliphatic heterocycles. The molecule has 0 saturated heterocycles.